The molecule has 2 aliphatic rings. The van der Waals surface area contributed by atoms with Crippen molar-refractivity contribution in [3.05, 3.63) is 12.3 Å². The van der Waals surface area contributed by atoms with E-state index in [-0.39, 0.29) is 13.2 Å². The molecule has 0 radical (unpaired) electrons. The lowest BCUT2D eigenvalue weighted by atomic mass is 9.97. The number of ether oxygens (including phenoxy) is 4. The molecule has 0 saturated carbocycles. The summed E-state index contributed by atoms with van der Waals surface area (Å²) >= 11 is 0. The van der Waals surface area contributed by atoms with Crippen molar-refractivity contribution in [1.29, 1.82) is 0 Å². The van der Waals surface area contributed by atoms with Gasteiger partial charge in [0.25, 0.3) is 0 Å². The van der Waals surface area contributed by atoms with Gasteiger partial charge in [0.05, 0.1) is 12.9 Å². The minimum absolute atomic E-state index is 0.0163. The summed E-state index contributed by atoms with van der Waals surface area (Å²) in [5.41, 5.74) is 0. The molecule has 0 aromatic heterocycles. The molecule has 22 heavy (non-hydrogen) atoms. The Kier molecular flexibility index (Phi) is 5.50. The molecule has 6 heteroatoms. The largest absolute Gasteiger partial charge is 0.490 e. The summed E-state index contributed by atoms with van der Waals surface area (Å²) in [4.78, 5) is 0. The van der Waals surface area contributed by atoms with Gasteiger partial charge in [0, 0.05) is 0 Å². The van der Waals surface area contributed by atoms with Crippen molar-refractivity contribution in [2.75, 3.05) is 13.2 Å². The molecule has 128 valence electrons. The monoisotopic (exact) mass is 316 g/mol. The number of allylic oxidation sites excluding steroid dienone is 1. The molecular formula is C16H28O6. The van der Waals surface area contributed by atoms with Crippen molar-refractivity contribution < 1.29 is 29.2 Å². The molecule has 4 atom stereocenters. The number of hydrogen-bond donors (Lipinski definition) is 2. The van der Waals surface area contributed by atoms with Gasteiger partial charge in [-0.3, -0.25) is 0 Å². The van der Waals surface area contributed by atoms with E-state index in [1.165, 1.54) is 0 Å². The van der Waals surface area contributed by atoms with Gasteiger partial charge >= 0.3 is 0 Å². The molecular weight excluding hydrogens is 288 g/mol. The van der Waals surface area contributed by atoms with Gasteiger partial charge in [-0.2, -0.15) is 0 Å². The van der Waals surface area contributed by atoms with E-state index in [0.717, 1.165) is 12.8 Å². The summed E-state index contributed by atoms with van der Waals surface area (Å²) in [5.74, 6) is -1.39. The predicted octanol–water partition coefficient (Wildman–Crippen LogP) is 1.55. The van der Waals surface area contributed by atoms with Crippen molar-refractivity contribution >= 4 is 0 Å². The molecule has 0 bridgehead atoms. The standard InChI is InChI=1S/C16H28O6/c1-11(2)7-5-6-8-19-14-13(18)12(17)9-20-16(14)10-21-15(3,4)22-16/h6,8,11-14,17-18H,5,7,9-10H2,1-4H3/b8-6+/t12-,13-,14-,16+/m1/s1. The first kappa shape index (κ1) is 17.7. The molecule has 2 saturated heterocycles. The van der Waals surface area contributed by atoms with Crippen LogP contribution in [0.1, 0.15) is 40.5 Å². The molecule has 0 aromatic carbocycles. The van der Waals surface area contributed by atoms with Gasteiger partial charge in [0.1, 0.15) is 18.8 Å². The van der Waals surface area contributed by atoms with Gasteiger partial charge in [-0.15, -0.1) is 0 Å². The quantitative estimate of drug-likeness (QED) is 0.750. The zero-order valence-corrected chi connectivity index (χ0v) is 13.8. The molecule has 6 nitrogen and oxygen atoms in total. The van der Waals surface area contributed by atoms with Crippen LogP contribution in [-0.4, -0.2) is 53.3 Å². The van der Waals surface area contributed by atoms with Gasteiger partial charge in [-0.1, -0.05) is 13.8 Å². The van der Waals surface area contributed by atoms with Gasteiger partial charge in [-0.25, -0.2) is 0 Å². The average molecular weight is 316 g/mol. The maximum absolute atomic E-state index is 10.3. The Morgan fingerprint density at radius 3 is 2.59 bits per heavy atom. The lowest BCUT2D eigenvalue weighted by molar-refractivity contribution is -0.338. The Hall–Kier alpha value is -0.660. The second-order valence-corrected chi connectivity index (χ2v) is 6.87. The molecule has 0 aromatic rings. The topological polar surface area (TPSA) is 77.4 Å². The van der Waals surface area contributed by atoms with Crippen LogP contribution in [0.5, 0.6) is 0 Å². The van der Waals surface area contributed by atoms with Gasteiger partial charge < -0.3 is 29.2 Å². The first-order valence-corrected chi connectivity index (χ1v) is 7.90. The van der Waals surface area contributed by atoms with Crippen LogP contribution < -0.4 is 0 Å². The highest BCUT2D eigenvalue weighted by atomic mass is 16.8. The zero-order valence-electron chi connectivity index (χ0n) is 13.8. The van der Waals surface area contributed by atoms with E-state index in [9.17, 15) is 10.2 Å². The third-order valence-electron chi connectivity index (χ3n) is 3.91. The van der Waals surface area contributed by atoms with Crippen LogP contribution in [0.15, 0.2) is 12.3 Å². The van der Waals surface area contributed by atoms with Crippen LogP contribution in [0.4, 0.5) is 0 Å². The van der Waals surface area contributed by atoms with E-state index in [0.29, 0.717) is 5.92 Å². The highest BCUT2D eigenvalue weighted by Gasteiger charge is 2.59. The molecule has 2 aliphatic heterocycles. The number of aliphatic hydroxyl groups excluding tert-OH is 2. The van der Waals surface area contributed by atoms with Gasteiger partial charge in [-0.05, 0) is 38.7 Å². The zero-order chi connectivity index (χ0) is 16.4. The number of rotatable bonds is 5. The predicted molar refractivity (Wildman–Crippen MR) is 79.9 cm³/mol. The van der Waals surface area contributed by atoms with Gasteiger partial charge in [0.2, 0.25) is 5.79 Å². The van der Waals surface area contributed by atoms with E-state index < -0.39 is 29.9 Å². The van der Waals surface area contributed by atoms with E-state index in [1.54, 1.807) is 20.1 Å². The van der Waals surface area contributed by atoms with Crippen LogP contribution in [-0.2, 0) is 18.9 Å². The van der Waals surface area contributed by atoms with Crippen molar-refractivity contribution in [1.82, 2.24) is 0 Å². The third kappa shape index (κ3) is 4.00. The van der Waals surface area contributed by atoms with Crippen LogP contribution in [0, 0.1) is 5.92 Å². The van der Waals surface area contributed by atoms with Crippen molar-refractivity contribution in [2.45, 2.75) is 70.4 Å². The molecule has 2 fully saturated rings. The summed E-state index contributed by atoms with van der Waals surface area (Å²) in [5, 5.41) is 20.1. The van der Waals surface area contributed by atoms with Gasteiger partial charge in [0.15, 0.2) is 11.9 Å². The first-order chi connectivity index (χ1) is 10.3. The van der Waals surface area contributed by atoms with Crippen molar-refractivity contribution in [3.63, 3.8) is 0 Å². The summed E-state index contributed by atoms with van der Waals surface area (Å²) < 4.78 is 22.7. The lowest BCUT2D eigenvalue weighted by Crippen LogP contribution is -2.63. The fraction of sp³-hybridized carbons (Fsp3) is 0.875. The Morgan fingerprint density at radius 1 is 1.27 bits per heavy atom. The summed E-state index contributed by atoms with van der Waals surface area (Å²) in [6.07, 6.45) is 2.46. The Bertz CT molecular complexity index is 394. The molecule has 0 unspecified atom stereocenters. The molecule has 1 spiro atoms. The summed E-state index contributed by atoms with van der Waals surface area (Å²) in [6, 6.07) is 0. The lowest BCUT2D eigenvalue weighted by Gasteiger charge is -2.43. The maximum Gasteiger partial charge on any atom is 0.235 e. The average Bonchev–Trinajstić information content (AvgIpc) is 2.74. The number of aliphatic hydroxyl groups is 2. The second kappa shape index (κ2) is 6.84. The van der Waals surface area contributed by atoms with Crippen LogP contribution >= 0.6 is 0 Å². The second-order valence-electron chi connectivity index (χ2n) is 6.87. The molecule has 2 N–H and O–H groups in total. The van der Waals surface area contributed by atoms with E-state index in [2.05, 4.69) is 13.8 Å². The summed E-state index contributed by atoms with van der Waals surface area (Å²) in [6.45, 7) is 8.00. The van der Waals surface area contributed by atoms with Crippen LogP contribution in [0.3, 0.4) is 0 Å². The minimum Gasteiger partial charge on any atom is -0.490 e. The van der Waals surface area contributed by atoms with E-state index in [4.69, 9.17) is 18.9 Å². The molecule has 0 aliphatic carbocycles. The van der Waals surface area contributed by atoms with Crippen LogP contribution in [0.25, 0.3) is 0 Å². The molecule has 0 amide bonds. The Morgan fingerprint density at radius 2 is 2.00 bits per heavy atom. The normalized spacial score (nSPS) is 38.2. The highest BCUT2D eigenvalue weighted by Crippen LogP contribution is 2.40. The minimum atomic E-state index is -1.19. The molecule has 2 rings (SSSR count). The highest BCUT2D eigenvalue weighted by molar-refractivity contribution is 4.98. The smallest absolute Gasteiger partial charge is 0.235 e. The van der Waals surface area contributed by atoms with Crippen LogP contribution in [0.2, 0.25) is 0 Å². The van der Waals surface area contributed by atoms with Crippen molar-refractivity contribution in [3.8, 4) is 0 Å². The Labute approximate surface area is 132 Å². The number of hydrogen-bond acceptors (Lipinski definition) is 6. The SMILES string of the molecule is CC(C)CC/C=C/O[C@@H]1[C@H](O)[C@H](O)CO[C@]12COC(C)(C)O2. The fourth-order valence-corrected chi connectivity index (χ4v) is 2.65. The molecule has 2 heterocycles. The van der Waals surface area contributed by atoms with E-state index >= 15 is 0 Å². The Balaban J connectivity index is 2.02. The fourth-order valence-electron chi connectivity index (χ4n) is 2.65. The van der Waals surface area contributed by atoms with Crippen molar-refractivity contribution in [2.24, 2.45) is 5.92 Å². The van der Waals surface area contributed by atoms with E-state index in [1.807, 2.05) is 6.08 Å². The maximum atomic E-state index is 10.3. The summed E-state index contributed by atoms with van der Waals surface area (Å²) in [7, 11) is 0. The third-order valence-corrected chi connectivity index (χ3v) is 3.91. The first-order valence-electron chi connectivity index (χ1n) is 7.90.